The minimum Gasteiger partial charge on any atom is -0.496 e. The zero-order chi connectivity index (χ0) is 18.4. The molecule has 0 heterocycles. The van der Waals surface area contributed by atoms with Crippen molar-refractivity contribution in [3.63, 3.8) is 0 Å². The van der Waals surface area contributed by atoms with Gasteiger partial charge in [-0.2, -0.15) is 0 Å². The molecule has 3 rings (SSSR count). The third-order valence-corrected chi connectivity index (χ3v) is 6.98. The van der Waals surface area contributed by atoms with Gasteiger partial charge in [-0.25, -0.2) is 0 Å². The van der Waals surface area contributed by atoms with Crippen molar-refractivity contribution in [3.05, 3.63) is 28.8 Å². The standard InChI is InChI=1S/C22H32O3/c1-14(2)16-12-15-8-9-19-21(3,17(15)13-18(16)24-5)10-7-11-22(19,4)20(23)25-6/h12-14,19H,7-11H2,1-6H3/t19?,21-,22-/m1/s1. The Morgan fingerprint density at radius 3 is 2.52 bits per heavy atom. The van der Waals surface area contributed by atoms with Crippen LogP contribution in [0.4, 0.5) is 0 Å². The molecule has 0 N–H and O–H groups in total. The molecule has 1 saturated carbocycles. The van der Waals surface area contributed by atoms with E-state index in [1.54, 1.807) is 7.11 Å². The van der Waals surface area contributed by atoms with E-state index < -0.39 is 0 Å². The zero-order valence-corrected chi connectivity index (χ0v) is 16.6. The van der Waals surface area contributed by atoms with E-state index in [1.807, 2.05) is 0 Å². The minimum atomic E-state index is -0.386. The third kappa shape index (κ3) is 2.67. The Hall–Kier alpha value is -1.51. The summed E-state index contributed by atoms with van der Waals surface area (Å²) in [6, 6.07) is 4.62. The Morgan fingerprint density at radius 2 is 1.92 bits per heavy atom. The molecule has 0 amide bonds. The van der Waals surface area contributed by atoms with Gasteiger partial charge in [0.25, 0.3) is 0 Å². The number of ether oxygens (including phenoxy) is 2. The SMILES string of the molecule is COC(=O)[C@]1(C)CCC[C@]2(C)c3cc(OC)c(C(C)C)cc3CCC12. The lowest BCUT2D eigenvalue weighted by molar-refractivity contribution is -0.161. The minimum absolute atomic E-state index is 0.0115. The van der Waals surface area contributed by atoms with Gasteiger partial charge in [-0.1, -0.05) is 33.3 Å². The summed E-state index contributed by atoms with van der Waals surface area (Å²) in [5.41, 5.74) is 3.74. The number of carbonyl (C=O) groups excluding carboxylic acids is 1. The Balaban J connectivity index is 2.12. The van der Waals surface area contributed by atoms with E-state index in [1.165, 1.54) is 23.8 Å². The number of methoxy groups -OCH3 is 2. The van der Waals surface area contributed by atoms with Gasteiger partial charge >= 0.3 is 5.97 Å². The van der Waals surface area contributed by atoms with Crippen LogP contribution in [-0.4, -0.2) is 20.2 Å². The third-order valence-electron chi connectivity index (χ3n) is 6.98. The molecule has 0 bridgehead atoms. The van der Waals surface area contributed by atoms with Crippen molar-refractivity contribution in [2.75, 3.05) is 14.2 Å². The first-order valence-electron chi connectivity index (χ1n) is 9.57. The van der Waals surface area contributed by atoms with Gasteiger partial charge in [-0.15, -0.1) is 0 Å². The molecule has 25 heavy (non-hydrogen) atoms. The lowest BCUT2D eigenvalue weighted by Gasteiger charge is -2.54. The van der Waals surface area contributed by atoms with Crippen LogP contribution >= 0.6 is 0 Å². The van der Waals surface area contributed by atoms with Crippen molar-refractivity contribution in [1.82, 2.24) is 0 Å². The fraction of sp³-hybridized carbons (Fsp3) is 0.682. The monoisotopic (exact) mass is 344 g/mol. The Bertz CT molecular complexity index is 678. The van der Waals surface area contributed by atoms with Crippen LogP contribution in [0.15, 0.2) is 12.1 Å². The zero-order valence-electron chi connectivity index (χ0n) is 16.6. The fourth-order valence-corrected chi connectivity index (χ4v) is 5.62. The number of hydrogen-bond acceptors (Lipinski definition) is 3. The van der Waals surface area contributed by atoms with Crippen LogP contribution in [-0.2, 0) is 21.4 Å². The molecular weight excluding hydrogens is 312 g/mol. The number of hydrogen-bond donors (Lipinski definition) is 0. The molecule has 2 aliphatic carbocycles. The summed E-state index contributed by atoms with van der Waals surface area (Å²) in [4.78, 5) is 12.6. The molecule has 0 radical (unpaired) electrons. The average Bonchev–Trinajstić information content (AvgIpc) is 2.59. The molecule has 1 unspecified atom stereocenters. The molecule has 1 fully saturated rings. The fourth-order valence-electron chi connectivity index (χ4n) is 5.62. The molecule has 2 aliphatic rings. The summed E-state index contributed by atoms with van der Waals surface area (Å²) in [6.45, 7) is 8.90. The summed E-state index contributed by atoms with van der Waals surface area (Å²) in [7, 11) is 3.28. The van der Waals surface area contributed by atoms with Gasteiger partial charge in [-0.3, -0.25) is 4.79 Å². The second-order valence-electron chi connectivity index (χ2n) is 8.68. The maximum absolute atomic E-state index is 12.6. The molecule has 3 atom stereocenters. The van der Waals surface area contributed by atoms with E-state index in [-0.39, 0.29) is 16.8 Å². The van der Waals surface area contributed by atoms with Crippen LogP contribution in [0.5, 0.6) is 5.75 Å². The first-order chi connectivity index (χ1) is 11.8. The predicted molar refractivity (Wildman–Crippen MR) is 100 cm³/mol. The van der Waals surface area contributed by atoms with Crippen molar-refractivity contribution >= 4 is 5.97 Å². The molecule has 0 aromatic heterocycles. The quantitative estimate of drug-likeness (QED) is 0.724. The maximum Gasteiger partial charge on any atom is 0.311 e. The lowest BCUT2D eigenvalue weighted by atomic mass is 9.49. The number of esters is 1. The van der Waals surface area contributed by atoms with Crippen LogP contribution in [0.25, 0.3) is 0 Å². The summed E-state index contributed by atoms with van der Waals surface area (Å²) >= 11 is 0. The molecule has 0 spiro atoms. The predicted octanol–water partition coefficient (Wildman–Crippen LogP) is 5.00. The highest BCUT2D eigenvalue weighted by molar-refractivity contribution is 5.77. The number of fused-ring (bicyclic) bond motifs is 3. The average molecular weight is 344 g/mol. The number of carbonyl (C=O) groups is 1. The Morgan fingerprint density at radius 1 is 1.20 bits per heavy atom. The second-order valence-corrected chi connectivity index (χ2v) is 8.68. The van der Waals surface area contributed by atoms with E-state index in [0.717, 1.165) is 37.9 Å². The molecule has 1 aromatic carbocycles. The molecule has 3 nitrogen and oxygen atoms in total. The molecule has 0 saturated heterocycles. The summed E-state index contributed by atoms with van der Waals surface area (Å²) in [6.07, 6.45) is 5.20. The Labute approximate surface area is 152 Å². The van der Waals surface area contributed by atoms with Crippen LogP contribution in [0, 0.1) is 11.3 Å². The van der Waals surface area contributed by atoms with Crippen LogP contribution < -0.4 is 4.74 Å². The molecule has 0 aliphatic heterocycles. The van der Waals surface area contributed by atoms with Crippen molar-refractivity contribution in [3.8, 4) is 5.75 Å². The second kappa shape index (κ2) is 6.34. The van der Waals surface area contributed by atoms with E-state index in [9.17, 15) is 4.79 Å². The van der Waals surface area contributed by atoms with Gasteiger partial charge in [0.2, 0.25) is 0 Å². The van der Waals surface area contributed by atoms with Crippen LogP contribution in [0.2, 0.25) is 0 Å². The molecule has 138 valence electrons. The molecule has 1 aromatic rings. The van der Waals surface area contributed by atoms with Crippen LogP contribution in [0.1, 0.15) is 76.0 Å². The van der Waals surface area contributed by atoms with Gasteiger partial charge in [0, 0.05) is 0 Å². The normalized spacial score (nSPS) is 31.2. The van der Waals surface area contributed by atoms with Gasteiger partial charge in [0.1, 0.15) is 5.75 Å². The first kappa shape index (κ1) is 18.3. The lowest BCUT2D eigenvalue weighted by Crippen LogP contribution is -2.52. The highest BCUT2D eigenvalue weighted by atomic mass is 16.5. The smallest absolute Gasteiger partial charge is 0.311 e. The first-order valence-corrected chi connectivity index (χ1v) is 9.57. The van der Waals surface area contributed by atoms with E-state index in [4.69, 9.17) is 9.47 Å². The van der Waals surface area contributed by atoms with Crippen molar-refractivity contribution in [2.24, 2.45) is 11.3 Å². The molecular formula is C22H32O3. The van der Waals surface area contributed by atoms with Crippen LogP contribution in [0.3, 0.4) is 0 Å². The van der Waals surface area contributed by atoms with Gasteiger partial charge < -0.3 is 9.47 Å². The van der Waals surface area contributed by atoms with E-state index >= 15 is 0 Å². The van der Waals surface area contributed by atoms with Gasteiger partial charge in [0.05, 0.1) is 19.6 Å². The van der Waals surface area contributed by atoms with Crippen molar-refractivity contribution in [2.45, 2.75) is 71.1 Å². The maximum atomic E-state index is 12.6. The molecule has 3 heteroatoms. The number of rotatable bonds is 3. The van der Waals surface area contributed by atoms with Crippen molar-refractivity contribution < 1.29 is 14.3 Å². The van der Waals surface area contributed by atoms with Gasteiger partial charge in [0.15, 0.2) is 0 Å². The van der Waals surface area contributed by atoms with Crippen molar-refractivity contribution in [1.29, 1.82) is 0 Å². The highest BCUT2D eigenvalue weighted by Crippen LogP contribution is 2.58. The summed E-state index contributed by atoms with van der Waals surface area (Å²) in [5.74, 6) is 1.71. The topological polar surface area (TPSA) is 35.5 Å². The number of benzene rings is 1. The Kier molecular flexibility index (Phi) is 4.63. The number of aryl methyl sites for hydroxylation is 1. The summed E-state index contributed by atoms with van der Waals surface area (Å²) in [5, 5.41) is 0. The van der Waals surface area contributed by atoms with Gasteiger partial charge in [-0.05, 0) is 72.6 Å². The highest BCUT2D eigenvalue weighted by Gasteiger charge is 2.55. The largest absolute Gasteiger partial charge is 0.496 e. The summed E-state index contributed by atoms with van der Waals surface area (Å²) < 4.78 is 10.9. The van der Waals surface area contributed by atoms with E-state index in [0.29, 0.717) is 11.8 Å². The van der Waals surface area contributed by atoms with E-state index in [2.05, 4.69) is 39.8 Å².